The summed E-state index contributed by atoms with van der Waals surface area (Å²) in [6, 6.07) is 6.63. The number of hydrogen-bond donors (Lipinski definition) is 1. The highest BCUT2D eigenvalue weighted by molar-refractivity contribution is 6.31. The summed E-state index contributed by atoms with van der Waals surface area (Å²) >= 11 is 5.82. The van der Waals surface area contributed by atoms with Gasteiger partial charge in [0.15, 0.2) is 5.78 Å². The lowest BCUT2D eigenvalue weighted by molar-refractivity contribution is -0.139. The van der Waals surface area contributed by atoms with Crippen molar-refractivity contribution in [3.8, 4) is 0 Å². The Bertz CT molecular complexity index is 493. The van der Waals surface area contributed by atoms with E-state index in [1.54, 1.807) is 38.1 Å². The molecule has 1 aliphatic rings. The standard InChI is InChI=1S/C13H13ClO3/c1-13(2)9(10(13)12(16)17)11(15)7-4-3-5-8(14)6-7/h3-6,9-10H,1-2H3,(H,16,17). The third-order valence-corrected chi connectivity index (χ3v) is 3.72. The van der Waals surface area contributed by atoms with Crippen LogP contribution in [-0.2, 0) is 4.79 Å². The monoisotopic (exact) mass is 252 g/mol. The van der Waals surface area contributed by atoms with E-state index in [0.717, 1.165) is 0 Å². The highest BCUT2D eigenvalue weighted by Crippen LogP contribution is 2.59. The van der Waals surface area contributed by atoms with Crippen molar-refractivity contribution in [2.24, 2.45) is 17.3 Å². The molecule has 2 rings (SSSR count). The predicted octanol–water partition coefficient (Wildman–Crippen LogP) is 2.88. The van der Waals surface area contributed by atoms with Crippen LogP contribution in [0.15, 0.2) is 24.3 Å². The van der Waals surface area contributed by atoms with Crippen LogP contribution in [0, 0.1) is 17.3 Å². The molecule has 1 aliphatic carbocycles. The van der Waals surface area contributed by atoms with Crippen molar-refractivity contribution in [3.05, 3.63) is 34.9 Å². The molecule has 90 valence electrons. The van der Waals surface area contributed by atoms with Crippen LogP contribution in [-0.4, -0.2) is 16.9 Å². The Kier molecular flexibility index (Phi) is 2.74. The number of rotatable bonds is 3. The molecule has 1 saturated carbocycles. The van der Waals surface area contributed by atoms with Gasteiger partial charge in [-0.1, -0.05) is 37.6 Å². The molecule has 0 bridgehead atoms. The van der Waals surface area contributed by atoms with Crippen LogP contribution in [0.3, 0.4) is 0 Å². The second-order valence-electron chi connectivity index (χ2n) is 4.99. The number of carboxylic acids is 1. The Hall–Kier alpha value is -1.35. The quantitative estimate of drug-likeness (QED) is 0.842. The number of ketones is 1. The van der Waals surface area contributed by atoms with Gasteiger partial charge >= 0.3 is 5.97 Å². The van der Waals surface area contributed by atoms with Crippen molar-refractivity contribution < 1.29 is 14.7 Å². The first-order valence-corrected chi connectivity index (χ1v) is 5.76. The molecule has 0 radical (unpaired) electrons. The Morgan fingerprint density at radius 1 is 1.29 bits per heavy atom. The number of halogens is 1. The van der Waals surface area contributed by atoms with E-state index in [2.05, 4.69) is 0 Å². The number of Topliss-reactive ketones (excluding diaryl/α,β-unsaturated/α-hetero) is 1. The third-order valence-electron chi connectivity index (χ3n) is 3.49. The molecule has 3 nitrogen and oxygen atoms in total. The molecular formula is C13H13ClO3. The fraction of sp³-hybridized carbons (Fsp3) is 0.385. The van der Waals surface area contributed by atoms with Crippen LogP contribution in [0.5, 0.6) is 0 Å². The number of benzene rings is 1. The molecule has 17 heavy (non-hydrogen) atoms. The summed E-state index contributed by atoms with van der Waals surface area (Å²) in [6.07, 6.45) is 0. The first-order valence-electron chi connectivity index (χ1n) is 5.38. The zero-order chi connectivity index (χ0) is 12.8. The molecule has 1 aromatic carbocycles. The molecule has 0 aromatic heterocycles. The van der Waals surface area contributed by atoms with E-state index in [1.165, 1.54) is 0 Å². The molecular weight excluding hydrogens is 240 g/mol. The molecule has 1 N–H and O–H groups in total. The van der Waals surface area contributed by atoms with Crippen LogP contribution in [0.2, 0.25) is 5.02 Å². The molecule has 2 unspecified atom stereocenters. The van der Waals surface area contributed by atoms with Crippen molar-refractivity contribution in [2.45, 2.75) is 13.8 Å². The van der Waals surface area contributed by atoms with Gasteiger partial charge in [-0.25, -0.2) is 0 Å². The van der Waals surface area contributed by atoms with Crippen LogP contribution in [0.1, 0.15) is 24.2 Å². The number of carboxylic acid groups (broad SMARTS) is 1. The summed E-state index contributed by atoms with van der Waals surface area (Å²) in [5.41, 5.74) is 0.0185. The summed E-state index contributed by atoms with van der Waals surface area (Å²) < 4.78 is 0. The lowest BCUT2D eigenvalue weighted by Crippen LogP contribution is -2.08. The van der Waals surface area contributed by atoms with Gasteiger partial charge in [0, 0.05) is 16.5 Å². The van der Waals surface area contributed by atoms with Gasteiger partial charge in [-0.05, 0) is 17.5 Å². The first-order chi connectivity index (χ1) is 7.85. The van der Waals surface area contributed by atoms with E-state index in [0.29, 0.717) is 10.6 Å². The molecule has 0 saturated heterocycles. The summed E-state index contributed by atoms with van der Waals surface area (Å²) in [6.45, 7) is 3.61. The van der Waals surface area contributed by atoms with Crippen molar-refractivity contribution in [3.63, 3.8) is 0 Å². The van der Waals surface area contributed by atoms with Gasteiger partial charge in [0.1, 0.15) is 0 Å². The minimum absolute atomic E-state index is 0.134. The van der Waals surface area contributed by atoms with Crippen LogP contribution in [0.4, 0.5) is 0 Å². The summed E-state index contributed by atoms with van der Waals surface area (Å²) in [7, 11) is 0. The topological polar surface area (TPSA) is 54.4 Å². The fourth-order valence-electron chi connectivity index (χ4n) is 2.41. The number of aliphatic carboxylic acids is 1. The van der Waals surface area contributed by atoms with E-state index >= 15 is 0 Å². The SMILES string of the molecule is CC1(C)C(C(=O)O)C1C(=O)c1cccc(Cl)c1. The van der Waals surface area contributed by atoms with E-state index in [4.69, 9.17) is 16.7 Å². The highest BCUT2D eigenvalue weighted by atomic mass is 35.5. The maximum absolute atomic E-state index is 12.2. The molecule has 0 aliphatic heterocycles. The van der Waals surface area contributed by atoms with Crippen LogP contribution in [0.25, 0.3) is 0 Å². The van der Waals surface area contributed by atoms with E-state index in [1.807, 2.05) is 0 Å². The smallest absolute Gasteiger partial charge is 0.307 e. The molecule has 0 amide bonds. The normalized spacial score (nSPS) is 25.4. The zero-order valence-electron chi connectivity index (χ0n) is 9.61. The van der Waals surface area contributed by atoms with Gasteiger partial charge in [0.05, 0.1) is 5.92 Å². The van der Waals surface area contributed by atoms with Crippen LogP contribution >= 0.6 is 11.6 Å². The average Bonchev–Trinajstić information content (AvgIpc) is 2.80. The second kappa shape index (κ2) is 3.84. The maximum atomic E-state index is 12.2. The minimum atomic E-state index is -0.907. The molecule has 0 spiro atoms. The number of carbonyl (C=O) groups is 2. The Balaban J connectivity index is 2.26. The van der Waals surface area contributed by atoms with Gasteiger partial charge in [-0.15, -0.1) is 0 Å². The van der Waals surface area contributed by atoms with Crippen LogP contribution < -0.4 is 0 Å². The Morgan fingerprint density at radius 3 is 2.41 bits per heavy atom. The number of hydrogen-bond acceptors (Lipinski definition) is 2. The zero-order valence-corrected chi connectivity index (χ0v) is 10.4. The fourth-order valence-corrected chi connectivity index (χ4v) is 2.60. The van der Waals surface area contributed by atoms with Gasteiger partial charge in [0.2, 0.25) is 0 Å². The average molecular weight is 253 g/mol. The highest BCUT2D eigenvalue weighted by Gasteiger charge is 2.65. The Morgan fingerprint density at radius 2 is 1.94 bits per heavy atom. The van der Waals surface area contributed by atoms with E-state index in [-0.39, 0.29) is 5.78 Å². The second-order valence-corrected chi connectivity index (χ2v) is 5.43. The lowest BCUT2D eigenvalue weighted by atomic mass is 10.0. The molecule has 1 fully saturated rings. The summed E-state index contributed by atoms with van der Waals surface area (Å²) in [5, 5.41) is 9.52. The van der Waals surface area contributed by atoms with E-state index < -0.39 is 23.2 Å². The van der Waals surface area contributed by atoms with Crippen molar-refractivity contribution in [2.75, 3.05) is 0 Å². The first kappa shape index (κ1) is 12.1. The third kappa shape index (κ3) is 1.95. The van der Waals surface area contributed by atoms with E-state index in [9.17, 15) is 9.59 Å². The van der Waals surface area contributed by atoms with Crippen molar-refractivity contribution in [1.82, 2.24) is 0 Å². The van der Waals surface area contributed by atoms with Gasteiger partial charge in [-0.3, -0.25) is 9.59 Å². The van der Waals surface area contributed by atoms with Crippen molar-refractivity contribution >= 4 is 23.4 Å². The van der Waals surface area contributed by atoms with Gasteiger partial charge in [0.25, 0.3) is 0 Å². The van der Waals surface area contributed by atoms with Gasteiger partial charge in [-0.2, -0.15) is 0 Å². The largest absolute Gasteiger partial charge is 0.481 e. The molecule has 0 heterocycles. The minimum Gasteiger partial charge on any atom is -0.481 e. The Labute approximate surface area is 104 Å². The summed E-state index contributed by atoms with van der Waals surface area (Å²) in [5.74, 6) is -2.08. The summed E-state index contributed by atoms with van der Waals surface area (Å²) in [4.78, 5) is 23.2. The molecule has 1 aromatic rings. The number of carbonyl (C=O) groups excluding carboxylic acids is 1. The van der Waals surface area contributed by atoms with Gasteiger partial charge < -0.3 is 5.11 Å². The maximum Gasteiger partial charge on any atom is 0.307 e. The molecule has 2 atom stereocenters. The molecule has 4 heteroatoms. The predicted molar refractivity (Wildman–Crippen MR) is 64.2 cm³/mol. The lowest BCUT2D eigenvalue weighted by Gasteiger charge is -2.02. The van der Waals surface area contributed by atoms with Crippen molar-refractivity contribution in [1.29, 1.82) is 0 Å².